The van der Waals surface area contributed by atoms with Gasteiger partial charge in [-0.15, -0.1) is 0 Å². The van der Waals surface area contributed by atoms with Crippen molar-refractivity contribution in [3.05, 3.63) is 48.5 Å². The maximum absolute atomic E-state index is 12.6. The van der Waals surface area contributed by atoms with Crippen LogP contribution in [0.3, 0.4) is 0 Å². The Morgan fingerprint density at radius 3 is 2.55 bits per heavy atom. The molecule has 0 aliphatic carbocycles. The first-order valence-corrected chi connectivity index (χ1v) is 9.46. The number of benzene rings is 2. The van der Waals surface area contributed by atoms with E-state index in [1.165, 1.54) is 13.2 Å². The molecule has 0 atom stereocenters. The predicted molar refractivity (Wildman–Crippen MR) is 109 cm³/mol. The third-order valence-corrected chi connectivity index (χ3v) is 4.25. The average molecular weight is 425 g/mol. The van der Waals surface area contributed by atoms with E-state index in [0.29, 0.717) is 35.4 Å². The molecule has 2 aromatic carbocycles. The van der Waals surface area contributed by atoms with Gasteiger partial charge in [0.05, 0.1) is 18.8 Å². The highest BCUT2D eigenvalue weighted by Gasteiger charge is 2.12. The molecule has 0 saturated heterocycles. The van der Waals surface area contributed by atoms with E-state index in [1.807, 2.05) is 0 Å². The van der Waals surface area contributed by atoms with Gasteiger partial charge in [-0.05, 0) is 30.3 Å². The largest absolute Gasteiger partial charge is 0.447 e. The highest BCUT2D eigenvalue weighted by molar-refractivity contribution is 7.99. The summed E-state index contributed by atoms with van der Waals surface area (Å²) in [6.45, 7) is 0.338. The number of methoxy groups -OCH3 is 1. The van der Waals surface area contributed by atoms with Gasteiger partial charge >= 0.3 is 6.09 Å². The van der Waals surface area contributed by atoms with Crippen LogP contribution in [0.2, 0.25) is 0 Å². The van der Waals surface area contributed by atoms with Gasteiger partial charge in [-0.2, -0.15) is 8.78 Å². The van der Waals surface area contributed by atoms with Crippen molar-refractivity contribution in [2.24, 2.45) is 0 Å². The third-order valence-electron chi connectivity index (χ3n) is 3.46. The zero-order chi connectivity index (χ0) is 21.1. The molecule has 0 heterocycles. The van der Waals surface area contributed by atoms with E-state index in [0.717, 1.165) is 0 Å². The lowest BCUT2D eigenvalue weighted by molar-refractivity contribution is -0.114. The van der Waals surface area contributed by atoms with E-state index in [1.54, 1.807) is 42.5 Å². The SMILES string of the molecule is COCCOC(=O)Nc1cccc(NCC(=O)Nc2ccccc2SC(F)F)c1. The maximum Gasteiger partial charge on any atom is 0.411 e. The fourth-order valence-corrected chi connectivity index (χ4v) is 2.82. The molecule has 3 N–H and O–H groups in total. The smallest absolute Gasteiger partial charge is 0.411 e. The highest BCUT2D eigenvalue weighted by atomic mass is 32.2. The lowest BCUT2D eigenvalue weighted by Crippen LogP contribution is -2.22. The third kappa shape index (κ3) is 8.36. The van der Waals surface area contributed by atoms with E-state index in [4.69, 9.17) is 9.47 Å². The summed E-state index contributed by atoms with van der Waals surface area (Å²) in [7, 11) is 1.50. The van der Waals surface area contributed by atoms with Gasteiger partial charge in [-0.3, -0.25) is 10.1 Å². The van der Waals surface area contributed by atoms with Crippen LogP contribution in [0.5, 0.6) is 0 Å². The van der Waals surface area contributed by atoms with Gasteiger partial charge in [-0.1, -0.05) is 30.0 Å². The first kappa shape index (κ1) is 22.4. The summed E-state index contributed by atoms with van der Waals surface area (Å²) in [5.41, 5.74) is 1.39. The molecule has 29 heavy (non-hydrogen) atoms. The number of amides is 2. The topological polar surface area (TPSA) is 88.7 Å². The van der Waals surface area contributed by atoms with Crippen LogP contribution < -0.4 is 16.0 Å². The molecule has 0 spiro atoms. The first-order valence-electron chi connectivity index (χ1n) is 8.58. The van der Waals surface area contributed by atoms with Gasteiger partial charge < -0.3 is 20.1 Å². The summed E-state index contributed by atoms with van der Waals surface area (Å²) in [6, 6.07) is 13.1. The Labute approximate surface area is 171 Å². The van der Waals surface area contributed by atoms with Gasteiger partial charge in [0, 0.05) is 23.4 Å². The molecule has 2 aromatic rings. The van der Waals surface area contributed by atoms with Crippen LogP contribution in [0.15, 0.2) is 53.4 Å². The quantitative estimate of drug-likeness (QED) is 0.390. The zero-order valence-electron chi connectivity index (χ0n) is 15.6. The van der Waals surface area contributed by atoms with Crippen molar-refractivity contribution in [3.8, 4) is 0 Å². The minimum absolute atomic E-state index is 0.0879. The molecule has 2 amide bonds. The molecule has 0 fully saturated rings. The standard InChI is InChI=1S/C19H21F2N3O4S/c1-27-9-10-28-19(26)23-14-6-4-5-13(11-14)22-12-17(25)24-15-7-2-3-8-16(15)29-18(20)21/h2-8,11,18,22H,9-10,12H2,1H3,(H,23,26)(H,24,25). The maximum atomic E-state index is 12.6. The highest BCUT2D eigenvalue weighted by Crippen LogP contribution is 2.31. The van der Waals surface area contributed by atoms with E-state index in [9.17, 15) is 18.4 Å². The predicted octanol–water partition coefficient (Wildman–Crippen LogP) is 4.25. The second-order valence-corrected chi connectivity index (χ2v) is 6.64. The number of para-hydroxylation sites is 1. The number of ether oxygens (including phenoxy) is 2. The summed E-state index contributed by atoms with van der Waals surface area (Å²) in [5, 5.41) is 8.08. The van der Waals surface area contributed by atoms with Crippen LogP contribution in [0.25, 0.3) is 0 Å². The molecular formula is C19H21F2N3O4S. The normalized spacial score (nSPS) is 10.5. The second kappa shape index (κ2) is 11.9. The Morgan fingerprint density at radius 1 is 1.03 bits per heavy atom. The second-order valence-electron chi connectivity index (χ2n) is 5.61. The first-order chi connectivity index (χ1) is 14.0. The van der Waals surface area contributed by atoms with Crippen LogP contribution in [0.1, 0.15) is 0 Å². The van der Waals surface area contributed by atoms with Gasteiger partial charge in [0.15, 0.2) is 0 Å². The molecule has 0 aliphatic rings. The molecule has 0 bridgehead atoms. The van der Waals surface area contributed by atoms with Crippen LogP contribution in [-0.2, 0) is 14.3 Å². The molecule has 7 nitrogen and oxygen atoms in total. The molecule has 0 unspecified atom stereocenters. The van der Waals surface area contributed by atoms with Crippen molar-refractivity contribution in [2.45, 2.75) is 10.7 Å². The summed E-state index contributed by atoms with van der Waals surface area (Å²) >= 11 is 0.368. The fraction of sp³-hybridized carbons (Fsp3) is 0.263. The monoisotopic (exact) mass is 425 g/mol. The molecule has 0 radical (unpaired) electrons. The number of hydrogen-bond acceptors (Lipinski definition) is 6. The van der Waals surface area contributed by atoms with Crippen LogP contribution in [0, 0.1) is 0 Å². The molecule has 2 rings (SSSR count). The minimum Gasteiger partial charge on any atom is -0.447 e. The van der Waals surface area contributed by atoms with Crippen molar-refractivity contribution in [1.82, 2.24) is 0 Å². The van der Waals surface area contributed by atoms with E-state index in [2.05, 4.69) is 16.0 Å². The zero-order valence-corrected chi connectivity index (χ0v) is 16.4. The van der Waals surface area contributed by atoms with Crippen LogP contribution in [0.4, 0.5) is 30.6 Å². The molecule has 156 valence electrons. The van der Waals surface area contributed by atoms with Crippen molar-refractivity contribution in [2.75, 3.05) is 42.8 Å². The summed E-state index contributed by atoms with van der Waals surface area (Å²) in [4.78, 5) is 24.1. The number of anilines is 3. The number of carbonyl (C=O) groups is 2. The lowest BCUT2D eigenvalue weighted by Gasteiger charge is -2.12. The number of nitrogens with one attached hydrogen (secondary N) is 3. The van der Waals surface area contributed by atoms with Crippen molar-refractivity contribution in [3.63, 3.8) is 0 Å². The van der Waals surface area contributed by atoms with E-state index >= 15 is 0 Å². The Bertz CT molecular complexity index is 824. The van der Waals surface area contributed by atoms with Crippen LogP contribution >= 0.6 is 11.8 Å². The van der Waals surface area contributed by atoms with Crippen molar-refractivity contribution >= 4 is 40.8 Å². The van der Waals surface area contributed by atoms with Gasteiger partial charge in [-0.25, -0.2) is 4.79 Å². The van der Waals surface area contributed by atoms with Crippen molar-refractivity contribution < 1.29 is 27.8 Å². The Hall–Kier alpha value is -2.85. The fourth-order valence-electron chi connectivity index (χ4n) is 2.22. The Kier molecular flexibility index (Phi) is 9.19. The molecule has 10 heteroatoms. The van der Waals surface area contributed by atoms with E-state index < -0.39 is 17.8 Å². The molecule has 0 aliphatic heterocycles. The lowest BCUT2D eigenvalue weighted by atomic mass is 10.2. The summed E-state index contributed by atoms with van der Waals surface area (Å²) in [6.07, 6.45) is -0.620. The molecule has 0 aromatic heterocycles. The average Bonchev–Trinajstić information content (AvgIpc) is 2.68. The number of rotatable bonds is 10. The number of halogens is 2. The summed E-state index contributed by atoms with van der Waals surface area (Å²) in [5.74, 6) is -2.98. The van der Waals surface area contributed by atoms with Crippen molar-refractivity contribution in [1.29, 1.82) is 0 Å². The molecular weight excluding hydrogens is 404 g/mol. The van der Waals surface area contributed by atoms with E-state index in [-0.39, 0.29) is 18.0 Å². The number of hydrogen-bond donors (Lipinski definition) is 3. The van der Waals surface area contributed by atoms with Crippen LogP contribution in [-0.4, -0.2) is 44.6 Å². The van der Waals surface area contributed by atoms with Gasteiger partial charge in [0.1, 0.15) is 6.61 Å². The number of thioether (sulfide) groups is 1. The summed E-state index contributed by atoms with van der Waals surface area (Å²) < 4.78 is 34.9. The Balaban J connectivity index is 1.87. The minimum atomic E-state index is -2.58. The van der Waals surface area contributed by atoms with Gasteiger partial charge in [0.2, 0.25) is 5.91 Å². The number of carbonyl (C=O) groups excluding carboxylic acids is 2. The number of alkyl halides is 2. The Morgan fingerprint density at radius 2 is 1.79 bits per heavy atom. The molecule has 0 saturated carbocycles. The van der Waals surface area contributed by atoms with Gasteiger partial charge in [0.25, 0.3) is 5.76 Å².